The van der Waals surface area contributed by atoms with Gasteiger partial charge in [-0.15, -0.1) is 0 Å². The van der Waals surface area contributed by atoms with Crippen LogP contribution in [0.15, 0.2) is 0 Å². The highest BCUT2D eigenvalue weighted by Gasteiger charge is 2.41. The molecular formula is C10H17NO7. The van der Waals surface area contributed by atoms with Crippen LogP contribution < -0.4 is 5.32 Å². The van der Waals surface area contributed by atoms with Crippen molar-refractivity contribution in [1.82, 2.24) is 5.32 Å². The Balaban J connectivity index is 1.94. The first-order valence-corrected chi connectivity index (χ1v) is 5.77. The average Bonchev–Trinajstić information content (AvgIpc) is 2.35. The summed E-state index contributed by atoms with van der Waals surface area (Å²) in [6.07, 6.45) is -6.92. The van der Waals surface area contributed by atoms with E-state index in [1.165, 1.54) is 0 Å². The molecule has 2 aliphatic rings. The molecule has 6 atom stereocenters. The predicted octanol–water partition coefficient (Wildman–Crippen LogP) is -3.31. The number of nitrogens with one attached hydrogen (secondary N) is 1. The Bertz CT molecular complexity index is 313. The lowest BCUT2D eigenvalue weighted by Gasteiger charge is -2.38. The molecule has 0 bridgehead atoms. The maximum Gasteiger partial charge on any atom is 0.251 e. The van der Waals surface area contributed by atoms with Gasteiger partial charge in [0.05, 0.1) is 12.7 Å². The molecule has 1 amide bonds. The van der Waals surface area contributed by atoms with Gasteiger partial charge < -0.3 is 35.2 Å². The standard InChI is InChI=1S/C10H17NO7/c12-4-3-17-10(8(15)6(4)13)18-5-1-2-11-9(16)7(5)14/h4-8,10,12-15H,1-3H2,(H,11,16)/t4-,5+,6+,7-,8-,10+/m0/s1. The maximum absolute atomic E-state index is 11.2. The van der Waals surface area contributed by atoms with Crippen molar-refractivity contribution in [1.29, 1.82) is 0 Å². The topological polar surface area (TPSA) is 128 Å². The fraction of sp³-hybridized carbons (Fsp3) is 0.900. The minimum atomic E-state index is -1.43. The summed E-state index contributed by atoms with van der Waals surface area (Å²) < 4.78 is 10.3. The molecule has 2 aliphatic heterocycles. The van der Waals surface area contributed by atoms with E-state index in [0.29, 0.717) is 13.0 Å². The molecular weight excluding hydrogens is 246 g/mol. The van der Waals surface area contributed by atoms with Crippen LogP contribution in [0.2, 0.25) is 0 Å². The summed E-state index contributed by atoms with van der Waals surface area (Å²) in [4.78, 5) is 11.2. The van der Waals surface area contributed by atoms with E-state index in [4.69, 9.17) is 9.47 Å². The van der Waals surface area contributed by atoms with E-state index >= 15 is 0 Å². The van der Waals surface area contributed by atoms with Crippen molar-refractivity contribution in [2.24, 2.45) is 0 Å². The zero-order valence-corrected chi connectivity index (χ0v) is 9.60. The number of ether oxygens (including phenoxy) is 2. The Hall–Kier alpha value is -0.770. The van der Waals surface area contributed by atoms with Gasteiger partial charge in [-0.25, -0.2) is 0 Å². The third-order valence-corrected chi connectivity index (χ3v) is 3.11. The van der Waals surface area contributed by atoms with Gasteiger partial charge in [-0.1, -0.05) is 0 Å². The van der Waals surface area contributed by atoms with E-state index in [-0.39, 0.29) is 6.61 Å². The van der Waals surface area contributed by atoms with Crippen LogP contribution in [0.1, 0.15) is 6.42 Å². The highest BCUT2D eigenvalue weighted by molar-refractivity contribution is 5.81. The molecule has 0 unspecified atom stereocenters. The average molecular weight is 263 g/mol. The second kappa shape index (κ2) is 5.47. The Kier molecular flexibility index (Phi) is 4.15. The van der Waals surface area contributed by atoms with Crippen molar-refractivity contribution in [2.45, 2.75) is 43.2 Å². The minimum absolute atomic E-state index is 0.183. The summed E-state index contributed by atoms with van der Waals surface area (Å²) in [5.74, 6) is -0.544. The quantitative estimate of drug-likeness (QED) is 0.353. The first-order valence-electron chi connectivity index (χ1n) is 5.77. The van der Waals surface area contributed by atoms with Gasteiger partial charge in [-0.2, -0.15) is 0 Å². The molecule has 0 saturated carbocycles. The van der Waals surface area contributed by atoms with Crippen molar-refractivity contribution < 1.29 is 34.7 Å². The molecule has 2 saturated heterocycles. The van der Waals surface area contributed by atoms with Crippen LogP contribution >= 0.6 is 0 Å². The van der Waals surface area contributed by atoms with Crippen LogP contribution in [-0.4, -0.2) is 76.3 Å². The molecule has 2 heterocycles. The smallest absolute Gasteiger partial charge is 0.251 e. The van der Waals surface area contributed by atoms with Gasteiger partial charge in [0.2, 0.25) is 0 Å². The Labute approximate surface area is 103 Å². The van der Waals surface area contributed by atoms with E-state index < -0.39 is 42.7 Å². The second-order valence-electron chi connectivity index (χ2n) is 4.45. The van der Waals surface area contributed by atoms with E-state index in [2.05, 4.69) is 5.32 Å². The highest BCUT2D eigenvalue weighted by Crippen LogP contribution is 2.21. The first-order chi connectivity index (χ1) is 8.50. The molecule has 0 spiro atoms. The Morgan fingerprint density at radius 2 is 1.94 bits per heavy atom. The summed E-state index contributed by atoms with van der Waals surface area (Å²) in [7, 11) is 0. The van der Waals surface area contributed by atoms with Gasteiger partial charge in [0.25, 0.3) is 5.91 Å². The zero-order valence-electron chi connectivity index (χ0n) is 9.60. The molecule has 18 heavy (non-hydrogen) atoms. The highest BCUT2D eigenvalue weighted by atomic mass is 16.7. The fourth-order valence-electron chi connectivity index (χ4n) is 1.98. The number of piperidine rings is 1. The largest absolute Gasteiger partial charge is 0.388 e. The lowest BCUT2D eigenvalue weighted by molar-refractivity contribution is -0.290. The van der Waals surface area contributed by atoms with E-state index in [1.807, 2.05) is 0 Å². The number of amides is 1. The third kappa shape index (κ3) is 2.63. The second-order valence-corrected chi connectivity index (χ2v) is 4.45. The zero-order chi connectivity index (χ0) is 13.3. The molecule has 8 heteroatoms. The molecule has 5 N–H and O–H groups in total. The molecule has 0 aromatic heterocycles. The summed E-state index contributed by atoms with van der Waals surface area (Å²) >= 11 is 0. The van der Waals surface area contributed by atoms with Crippen LogP contribution in [-0.2, 0) is 14.3 Å². The summed E-state index contributed by atoms with van der Waals surface area (Å²) in [5, 5.41) is 40.4. The number of hydrogen-bond acceptors (Lipinski definition) is 7. The van der Waals surface area contributed by atoms with Gasteiger partial charge in [0.15, 0.2) is 12.4 Å². The number of aliphatic hydroxyl groups is 4. The van der Waals surface area contributed by atoms with Crippen LogP contribution in [0.3, 0.4) is 0 Å². The van der Waals surface area contributed by atoms with Gasteiger partial charge in [-0.3, -0.25) is 4.79 Å². The SMILES string of the molecule is O=C1NCC[C@@H](O[C@H]2OC[C@H](O)[C@@H](O)[C@@H]2O)[C@@H]1O. The van der Waals surface area contributed by atoms with Crippen molar-refractivity contribution in [3.05, 3.63) is 0 Å². The molecule has 0 aromatic carbocycles. The normalized spacial score (nSPS) is 45.7. The molecule has 2 fully saturated rings. The van der Waals surface area contributed by atoms with Gasteiger partial charge in [-0.05, 0) is 6.42 Å². The lowest BCUT2D eigenvalue weighted by atomic mass is 10.0. The Morgan fingerprint density at radius 3 is 2.67 bits per heavy atom. The molecule has 0 aromatic rings. The van der Waals surface area contributed by atoms with Crippen LogP contribution in [0.5, 0.6) is 0 Å². The lowest BCUT2D eigenvalue weighted by Crippen LogP contribution is -2.57. The van der Waals surface area contributed by atoms with Crippen LogP contribution in [0.25, 0.3) is 0 Å². The number of hydrogen-bond donors (Lipinski definition) is 5. The number of carbonyl (C=O) groups excluding carboxylic acids is 1. The van der Waals surface area contributed by atoms with Crippen molar-refractivity contribution in [2.75, 3.05) is 13.2 Å². The monoisotopic (exact) mass is 263 g/mol. The summed E-state index contributed by atoms with van der Waals surface area (Å²) in [6.45, 7) is 0.173. The molecule has 104 valence electrons. The van der Waals surface area contributed by atoms with Crippen molar-refractivity contribution in [3.63, 3.8) is 0 Å². The van der Waals surface area contributed by atoms with Gasteiger partial charge in [0.1, 0.15) is 18.3 Å². The number of carbonyl (C=O) groups is 1. The van der Waals surface area contributed by atoms with E-state index in [0.717, 1.165) is 0 Å². The predicted molar refractivity (Wildman–Crippen MR) is 56.3 cm³/mol. The third-order valence-electron chi connectivity index (χ3n) is 3.11. The first kappa shape index (κ1) is 13.7. The van der Waals surface area contributed by atoms with E-state index in [1.54, 1.807) is 0 Å². The fourth-order valence-corrected chi connectivity index (χ4v) is 1.98. The maximum atomic E-state index is 11.2. The van der Waals surface area contributed by atoms with Crippen molar-refractivity contribution in [3.8, 4) is 0 Å². The summed E-state index contributed by atoms with van der Waals surface area (Å²) in [5.41, 5.74) is 0. The number of rotatable bonds is 2. The summed E-state index contributed by atoms with van der Waals surface area (Å²) in [6, 6.07) is 0. The van der Waals surface area contributed by atoms with Crippen LogP contribution in [0.4, 0.5) is 0 Å². The van der Waals surface area contributed by atoms with Crippen LogP contribution in [0, 0.1) is 0 Å². The molecule has 0 aliphatic carbocycles. The molecule has 2 rings (SSSR count). The molecule has 8 nitrogen and oxygen atoms in total. The van der Waals surface area contributed by atoms with Gasteiger partial charge >= 0.3 is 0 Å². The Morgan fingerprint density at radius 1 is 1.22 bits per heavy atom. The minimum Gasteiger partial charge on any atom is -0.388 e. The number of aliphatic hydroxyl groups excluding tert-OH is 4. The van der Waals surface area contributed by atoms with Gasteiger partial charge in [0, 0.05) is 6.54 Å². The van der Waals surface area contributed by atoms with Crippen molar-refractivity contribution >= 4 is 5.91 Å². The van der Waals surface area contributed by atoms with E-state index in [9.17, 15) is 25.2 Å². The molecule has 0 radical (unpaired) electrons.